The van der Waals surface area contributed by atoms with Gasteiger partial charge in [0.25, 0.3) is 17.9 Å². The molecule has 0 unspecified atom stereocenters. The normalized spacial score (nSPS) is 19.0. The van der Waals surface area contributed by atoms with Crippen LogP contribution in [0.4, 0.5) is 8.78 Å². The molecule has 6 nitrogen and oxygen atoms in total. The quantitative estimate of drug-likeness (QED) is 0.873. The predicted octanol–water partition coefficient (Wildman–Crippen LogP) is 1.51. The van der Waals surface area contributed by atoms with E-state index in [1.165, 1.54) is 24.3 Å². The molecule has 2 aromatic rings. The molecule has 1 aromatic heterocycles. The van der Waals surface area contributed by atoms with Gasteiger partial charge in [-0.25, -0.2) is 17.2 Å². The Morgan fingerprint density at radius 2 is 2.04 bits per heavy atom. The molecule has 0 radical (unpaired) electrons. The number of hydrogen-bond donors (Lipinski definition) is 2. The fraction of sp³-hybridized carbons (Fsp3) is 0.200. The molecule has 2 N–H and O–H groups in total. The van der Waals surface area contributed by atoms with Crippen molar-refractivity contribution in [3.05, 3.63) is 57.2 Å². The number of halogens is 2. The third-order valence-electron chi connectivity index (χ3n) is 3.61. The van der Waals surface area contributed by atoms with Crippen LogP contribution < -0.4 is 10.9 Å². The van der Waals surface area contributed by atoms with Crippen molar-refractivity contribution in [2.24, 2.45) is 0 Å². The van der Waals surface area contributed by atoms with Crippen LogP contribution >= 0.6 is 0 Å². The maximum Gasteiger partial charge on any atom is 0.263 e. The summed E-state index contributed by atoms with van der Waals surface area (Å²) < 4.78 is 48.0. The summed E-state index contributed by atoms with van der Waals surface area (Å²) in [6.07, 6.45) is -1.34. The topological polar surface area (TPSA) is 96.1 Å². The van der Waals surface area contributed by atoms with Crippen LogP contribution in [0.3, 0.4) is 0 Å². The van der Waals surface area contributed by atoms with E-state index in [4.69, 9.17) is 0 Å². The number of pyridine rings is 1. The molecule has 1 aromatic carbocycles. The van der Waals surface area contributed by atoms with Crippen molar-refractivity contribution in [3.8, 4) is 0 Å². The van der Waals surface area contributed by atoms with E-state index < -0.39 is 33.8 Å². The zero-order chi connectivity index (χ0) is 17.5. The number of carbonyl (C=O) groups is 1. The number of benzene rings is 1. The molecule has 1 atom stereocenters. The lowest BCUT2D eigenvalue weighted by Gasteiger charge is -2.10. The van der Waals surface area contributed by atoms with E-state index in [1.54, 1.807) is 0 Å². The second-order valence-corrected chi connectivity index (χ2v) is 7.33. The molecule has 126 valence electrons. The van der Waals surface area contributed by atoms with Gasteiger partial charge in [-0.3, -0.25) is 9.59 Å². The average molecular weight is 354 g/mol. The van der Waals surface area contributed by atoms with Crippen LogP contribution in [-0.4, -0.2) is 31.1 Å². The lowest BCUT2D eigenvalue weighted by Crippen LogP contribution is -2.38. The van der Waals surface area contributed by atoms with Gasteiger partial charge < -0.3 is 10.3 Å². The lowest BCUT2D eigenvalue weighted by molar-refractivity contribution is 0.0946. The van der Waals surface area contributed by atoms with Crippen LogP contribution in [0.15, 0.2) is 40.5 Å². The Hall–Kier alpha value is -2.55. The first-order valence-corrected chi connectivity index (χ1v) is 8.64. The minimum absolute atomic E-state index is 0.192. The number of sulfone groups is 1. The Morgan fingerprint density at radius 1 is 1.29 bits per heavy atom. The summed E-state index contributed by atoms with van der Waals surface area (Å²) in [6.45, 7) is 0. The highest BCUT2D eigenvalue weighted by Crippen LogP contribution is 2.22. The van der Waals surface area contributed by atoms with Crippen molar-refractivity contribution in [2.75, 3.05) is 5.75 Å². The first-order chi connectivity index (χ1) is 11.2. The molecule has 1 aliphatic rings. The molecule has 0 aliphatic carbocycles. The minimum Gasteiger partial charge on any atom is -0.345 e. The molecule has 0 bridgehead atoms. The summed E-state index contributed by atoms with van der Waals surface area (Å²) >= 11 is 0. The Kier molecular flexibility index (Phi) is 3.96. The zero-order valence-electron chi connectivity index (χ0n) is 12.1. The average Bonchev–Trinajstić information content (AvgIpc) is 2.84. The predicted molar refractivity (Wildman–Crippen MR) is 83.7 cm³/mol. The number of aromatic amines is 1. The molecule has 0 spiro atoms. The van der Waals surface area contributed by atoms with Crippen molar-refractivity contribution in [1.82, 2.24) is 10.3 Å². The zero-order valence-corrected chi connectivity index (χ0v) is 12.9. The standard InChI is InChI=1S/C15H12F2N2O4S/c16-13(17)9-2-1-8-5-11(15(21)19-12(8)6-9)14(20)18-10-3-4-24(22,23)7-10/h1-6,10,13H,7H2,(H,18,20)(H,19,21)/t10-/m1/s1. The monoisotopic (exact) mass is 354 g/mol. The first kappa shape index (κ1) is 16.3. The van der Waals surface area contributed by atoms with Crippen molar-refractivity contribution in [1.29, 1.82) is 0 Å². The van der Waals surface area contributed by atoms with Gasteiger partial charge in [-0.2, -0.15) is 0 Å². The molecule has 2 heterocycles. The molecule has 0 fully saturated rings. The summed E-state index contributed by atoms with van der Waals surface area (Å²) in [5, 5.41) is 3.86. The van der Waals surface area contributed by atoms with E-state index in [1.807, 2.05) is 0 Å². The van der Waals surface area contributed by atoms with Crippen molar-refractivity contribution in [3.63, 3.8) is 0 Å². The Bertz CT molecular complexity index is 1010. The fourth-order valence-electron chi connectivity index (χ4n) is 2.43. The summed E-state index contributed by atoms with van der Waals surface area (Å²) in [5.41, 5.74) is -1.00. The highest BCUT2D eigenvalue weighted by Gasteiger charge is 2.24. The van der Waals surface area contributed by atoms with Gasteiger partial charge in [0.05, 0.1) is 11.8 Å². The molecular formula is C15H12F2N2O4S. The van der Waals surface area contributed by atoms with E-state index in [-0.39, 0.29) is 22.4 Å². The maximum absolute atomic E-state index is 12.7. The molecule has 1 amide bonds. The Labute approximate surface area is 135 Å². The van der Waals surface area contributed by atoms with Gasteiger partial charge in [-0.05, 0) is 23.6 Å². The van der Waals surface area contributed by atoms with E-state index in [0.29, 0.717) is 5.39 Å². The number of fused-ring (bicyclic) bond motifs is 1. The summed E-state index contributed by atoms with van der Waals surface area (Å²) in [6, 6.07) is 4.31. The summed E-state index contributed by atoms with van der Waals surface area (Å²) in [7, 11) is -3.33. The minimum atomic E-state index is -3.33. The Morgan fingerprint density at radius 3 is 2.67 bits per heavy atom. The van der Waals surface area contributed by atoms with Crippen LogP contribution in [0.25, 0.3) is 10.9 Å². The molecular weight excluding hydrogens is 342 g/mol. The molecule has 0 saturated carbocycles. The van der Waals surface area contributed by atoms with E-state index in [0.717, 1.165) is 11.5 Å². The van der Waals surface area contributed by atoms with E-state index >= 15 is 0 Å². The summed E-state index contributed by atoms with van der Waals surface area (Å²) in [5.74, 6) is -0.995. The Balaban J connectivity index is 1.91. The van der Waals surface area contributed by atoms with Crippen molar-refractivity contribution in [2.45, 2.75) is 12.5 Å². The third-order valence-corrected chi connectivity index (χ3v) is 5.01. The second kappa shape index (κ2) is 5.82. The van der Waals surface area contributed by atoms with Gasteiger partial charge in [0.15, 0.2) is 9.84 Å². The molecule has 9 heteroatoms. The number of rotatable bonds is 3. The molecule has 24 heavy (non-hydrogen) atoms. The number of aromatic nitrogens is 1. The highest BCUT2D eigenvalue weighted by atomic mass is 32.2. The first-order valence-electron chi connectivity index (χ1n) is 6.92. The van der Waals surface area contributed by atoms with E-state index in [9.17, 15) is 26.8 Å². The van der Waals surface area contributed by atoms with Gasteiger partial charge in [-0.15, -0.1) is 0 Å². The number of carbonyl (C=O) groups excluding carboxylic acids is 1. The van der Waals surface area contributed by atoms with Crippen molar-refractivity contribution < 1.29 is 22.0 Å². The smallest absolute Gasteiger partial charge is 0.263 e. The highest BCUT2D eigenvalue weighted by molar-refractivity contribution is 7.94. The van der Waals surface area contributed by atoms with Gasteiger partial charge in [0, 0.05) is 16.5 Å². The number of nitrogens with one attached hydrogen (secondary N) is 2. The summed E-state index contributed by atoms with van der Waals surface area (Å²) in [4.78, 5) is 26.6. The van der Waals surface area contributed by atoms with Crippen LogP contribution in [0, 0.1) is 0 Å². The number of H-pyrrole nitrogens is 1. The molecule has 0 saturated heterocycles. The number of amides is 1. The van der Waals surface area contributed by atoms with Gasteiger partial charge in [0.2, 0.25) is 0 Å². The van der Waals surface area contributed by atoms with Crippen LogP contribution in [0.2, 0.25) is 0 Å². The molecule has 3 rings (SSSR count). The van der Waals surface area contributed by atoms with E-state index in [2.05, 4.69) is 10.3 Å². The SMILES string of the molecule is O=C(N[C@@H]1C=CS(=O)(=O)C1)c1cc2ccc(C(F)F)cc2[nH]c1=O. The fourth-order valence-corrected chi connectivity index (χ4v) is 3.67. The van der Waals surface area contributed by atoms with Crippen molar-refractivity contribution >= 4 is 26.6 Å². The van der Waals surface area contributed by atoms with Crippen LogP contribution in [0.5, 0.6) is 0 Å². The number of hydrogen-bond acceptors (Lipinski definition) is 4. The van der Waals surface area contributed by atoms with Gasteiger partial charge >= 0.3 is 0 Å². The largest absolute Gasteiger partial charge is 0.345 e. The second-order valence-electron chi connectivity index (χ2n) is 5.40. The van der Waals surface area contributed by atoms with Crippen LogP contribution in [-0.2, 0) is 9.84 Å². The molecule has 1 aliphatic heterocycles. The number of alkyl halides is 2. The van der Waals surface area contributed by atoms with Crippen LogP contribution in [0.1, 0.15) is 22.3 Å². The van der Waals surface area contributed by atoms with Gasteiger partial charge in [0.1, 0.15) is 5.56 Å². The van der Waals surface area contributed by atoms with Gasteiger partial charge in [-0.1, -0.05) is 12.1 Å². The third kappa shape index (κ3) is 3.21. The maximum atomic E-state index is 12.7. The lowest BCUT2D eigenvalue weighted by atomic mass is 10.1.